The van der Waals surface area contributed by atoms with Crippen LogP contribution in [0.4, 0.5) is 0 Å². The summed E-state index contributed by atoms with van der Waals surface area (Å²) in [7, 11) is 3.23. The zero-order valence-corrected chi connectivity index (χ0v) is 21.8. The number of hydrogen-bond donors (Lipinski definition) is 2. The van der Waals surface area contributed by atoms with Crippen molar-refractivity contribution in [2.24, 2.45) is 11.8 Å². The molecule has 0 bridgehead atoms. The Kier molecular flexibility index (Phi) is 10.7. The van der Waals surface area contributed by atoms with E-state index in [0.29, 0.717) is 46.4 Å². The number of benzene rings is 2. The van der Waals surface area contributed by atoms with Gasteiger partial charge in [0.25, 0.3) is 0 Å². The Balaban J connectivity index is 2.42. The third-order valence-electron chi connectivity index (χ3n) is 5.00. The summed E-state index contributed by atoms with van der Waals surface area (Å²) in [5.41, 5.74) is 1.72. The highest BCUT2D eigenvalue weighted by molar-refractivity contribution is 7.96. The van der Waals surface area contributed by atoms with Gasteiger partial charge in [0.1, 0.15) is 11.5 Å². The average molecular weight is 477 g/mol. The first-order valence-corrected chi connectivity index (χ1v) is 11.9. The summed E-state index contributed by atoms with van der Waals surface area (Å²) in [5.74, 6) is 4.00. The van der Waals surface area contributed by atoms with Crippen LogP contribution in [0, 0.1) is 11.8 Å². The first kappa shape index (κ1) is 26.3. The molecule has 0 aliphatic heterocycles. The van der Waals surface area contributed by atoms with Crippen LogP contribution in [0.5, 0.6) is 23.0 Å². The van der Waals surface area contributed by atoms with Gasteiger partial charge in [-0.1, -0.05) is 27.7 Å². The summed E-state index contributed by atoms with van der Waals surface area (Å²) in [5, 5.41) is 0. The second-order valence-electron chi connectivity index (χ2n) is 8.49. The van der Waals surface area contributed by atoms with E-state index >= 15 is 0 Å². The van der Waals surface area contributed by atoms with Gasteiger partial charge in [-0.3, -0.25) is 0 Å². The summed E-state index contributed by atoms with van der Waals surface area (Å²) in [4.78, 5) is 1.41. The van der Waals surface area contributed by atoms with Crippen LogP contribution in [0.1, 0.15) is 51.7 Å². The van der Waals surface area contributed by atoms with Crippen molar-refractivity contribution in [3.8, 4) is 23.0 Å². The minimum atomic E-state index is 0.565. The lowest BCUT2D eigenvalue weighted by Crippen LogP contribution is -2.04. The van der Waals surface area contributed by atoms with Crippen LogP contribution in [-0.2, 0) is 0 Å². The van der Waals surface area contributed by atoms with Gasteiger partial charge in [0.2, 0.25) is 0 Å². The van der Waals surface area contributed by atoms with E-state index in [1.54, 1.807) is 14.2 Å². The van der Waals surface area contributed by atoms with Crippen LogP contribution in [0.15, 0.2) is 36.4 Å². The summed E-state index contributed by atoms with van der Waals surface area (Å²) in [6, 6.07) is 11.6. The molecule has 6 heteroatoms. The highest BCUT2D eigenvalue weighted by Crippen LogP contribution is 2.40. The fourth-order valence-corrected chi connectivity index (χ4v) is 3.54. The molecule has 32 heavy (non-hydrogen) atoms. The SMILES string of the molecule is COc1ccc(/C(S)=C(/S)c2cc(OCCC(C)C)ccc2OCCC(C)C)cc1OC. The van der Waals surface area contributed by atoms with Gasteiger partial charge in [-0.25, -0.2) is 0 Å². The monoisotopic (exact) mass is 476 g/mol. The van der Waals surface area contributed by atoms with Crippen molar-refractivity contribution in [2.45, 2.75) is 40.5 Å². The van der Waals surface area contributed by atoms with Crippen LogP contribution < -0.4 is 18.9 Å². The van der Waals surface area contributed by atoms with Crippen molar-refractivity contribution in [1.82, 2.24) is 0 Å². The Morgan fingerprint density at radius 3 is 1.91 bits per heavy atom. The van der Waals surface area contributed by atoms with E-state index in [1.165, 1.54) is 0 Å². The molecule has 0 saturated carbocycles. The molecular formula is C26H36O4S2. The molecule has 0 unspecified atom stereocenters. The van der Waals surface area contributed by atoms with E-state index in [4.69, 9.17) is 44.2 Å². The topological polar surface area (TPSA) is 36.9 Å². The van der Waals surface area contributed by atoms with Gasteiger partial charge in [-0.15, -0.1) is 25.3 Å². The maximum Gasteiger partial charge on any atom is 0.161 e. The summed E-state index contributed by atoms with van der Waals surface area (Å²) in [6.45, 7) is 10.0. The lowest BCUT2D eigenvalue weighted by atomic mass is 10.1. The molecule has 0 aliphatic rings. The zero-order chi connectivity index (χ0) is 23.7. The fourth-order valence-electron chi connectivity index (χ4n) is 2.97. The number of ether oxygens (including phenoxy) is 4. The van der Waals surface area contributed by atoms with E-state index in [1.807, 2.05) is 36.4 Å². The molecule has 0 N–H and O–H groups in total. The molecule has 4 nitrogen and oxygen atoms in total. The lowest BCUT2D eigenvalue weighted by molar-refractivity contribution is 0.281. The van der Waals surface area contributed by atoms with Crippen LogP contribution in [-0.4, -0.2) is 27.4 Å². The molecule has 0 aliphatic carbocycles. The average Bonchev–Trinajstić information content (AvgIpc) is 2.77. The Bertz CT molecular complexity index is 907. The summed E-state index contributed by atoms with van der Waals surface area (Å²) < 4.78 is 22.9. The van der Waals surface area contributed by atoms with Crippen LogP contribution in [0.2, 0.25) is 0 Å². The molecule has 0 aromatic heterocycles. The second kappa shape index (κ2) is 12.9. The van der Waals surface area contributed by atoms with Crippen LogP contribution in [0.25, 0.3) is 9.81 Å². The van der Waals surface area contributed by atoms with Crippen molar-refractivity contribution in [3.05, 3.63) is 47.5 Å². The molecule has 0 radical (unpaired) electrons. The molecule has 176 valence electrons. The molecule has 2 aromatic carbocycles. The minimum absolute atomic E-state index is 0.565. The zero-order valence-electron chi connectivity index (χ0n) is 20.0. The second-order valence-corrected chi connectivity index (χ2v) is 9.38. The maximum atomic E-state index is 6.12. The van der Waals surface area contributed by atoms with Gasteiger partial charge < -0.3 is 18.9 Å². The van der Waals surface area contributed by atoms with Crippen LogP contribution >= 0.6 is 25.3 Å². The standard InChI is InChI=1S/C26H36O4S2/c1-17(2)11-13-29-20-8-10-22(30-14-12-18(3)4)21(16-20)26(32)25(31)19-7-9-23(27-5)24(15-19)28-6/h7-10,15-18,31-32H,11-14H2,1-6H3/b26-25-. The van der Waals surface area contributed by atoms with Gasteiger partial charge in [-0.05, 0) is 66.6 Å². The number of rotatable bonds is 12. The third kappa shape index (κ3) is 7.59. The fraction of sp³-hybridized carbons (Fsp3) is 0.462. The molecular weight excluding hydrogens is 440 g/mol. The predicted octanol–water partition coefficient (Wildman–Crippen LogP) is 7.24. The normalized spacial score (nSPS) is 12.1. The van der Waals surface area contributed by atoms with E-state index in [2.05, 4.69) is 27.7 Å². The molecule has 2 aromatic rings. The first-order chi connectivity index (χ1) is 15.3. The van der Waals surface area contributed by atoms with E-state index in [9.17, 15) is 0 Å². The van der Waals surface area contributed by atoms with Crippen molar-refractivity contribution >= 4 is 35.1 Å². The van der Waals surface area contributed by atoms with Gasteiger partial charge in [0.15, 0.2) is 11.5 Å². The quantitative estimate of drug-likeness (QED) is 0.250. The van der Waals surface area contributed by atoms with Gasteiger partial charge in [-0.2, -0.15) is 0 Å². The molecule has 0 amide bonds. The Hall–Kier alpha value is -1.92. The van der Waals surface area contributed by atoms with E-state index in [-0.39, 0.29) is 0 Å². The van der Waals surface area contributed by atoms with Crippen molar-refractivity contribution < 1.29 is 18.9 Å². The van der Waals surface area contributed by atoms with E-state index in [0.717, 1.165) is 35.5 Å². The van der Waals surface area contributed by atoms with Gasteiger partial charge >= 0.3 is 0 Å². The molecule has 0 heterocycles. The Morgan fingerprint density at radius 1 is 0.719 bits per heavy atom. The Morgan fingerprint density at radius 2 is 1.31 bits per heavy atom. The van der Waals surface area contributed by atoms with E-state index < -0.39 is 0 Å². The highest BCUT2D eigenvalue weighted by atomic mass is 32.1. The van der Waals surface area contributed by atoms with Gasteiger partial charge in [0.05, 0.1) is 27.4 Å². The van der Waals surface area contributed by atoms with Crippen molar-refractivity contribution in [3.63, 3.8) is 0 Å². The lowest BCUT2D eigenvalue weighted by Gasteiger charge is -2.17. The first-order valence-electron chi connectivity index (χ1n) is 11.0. The molecule has 0 saturated heterocycles. The van der Waals surface area contributed by atoms with Crippen molar-refractivity contribution in [1.29, 1.82) is 0 Å². The summed E-state index contributed by atoms with van der Waals surface area (Å²) >= 11 is 9.63. The van der Waals surface area contributed by atoms with Crippen molar-refractivity contribution in [2.75, 3.05) is 27.4 Å². The number of hydrogen-bond acceptors (Lipinski definition) is 6. The minimum Gasteiger partial charge on any atom is -0.494 e. The number of methoxy groups -OCH3 is 2. The third-order valence-corrected chi connectivity index (χ3v) is 6.13. The summed E-state index contributed by atoms with van der Waals surface area (Å²) in [6.07, 6.45) is 1.97. The van der Waals surface area contributed by atoms with Crippen LogP contribution in [0.3, 0.4) is 0 Å². The Labute approximate surface area is 204 Å². The molecule has 0 fully saturated rings. The predicted molar refractivity (Wildman–Crippen MR) is 141 cm³/mol. The maximum absolute atomic E-state index is 6.12. The largest absolute Gasteiger partial charge is 0.494 e. The smallest absolute Gasteiger partial charge is 0.161 e. The molecule has 2 rings (SSSR count). The highest BCUT2D eigenvalue weighted by Gasteiger charge is 2.15. The number of thiol groups is 2. The van der Waals surface area contributed by atoms with Gasteiger partial charge in [0, 0.05) is 15.4 Å². The molecule has 0 spiro atoms. The molecule has 0 atom stereocenters.